The Morgan fingerprint density at radius 2 is 1.73 bits per heavy atom. The smallest absolute Gasteiger partial charge is 0.320 e. The minimum absolute atomic E-state index is 0.221. The number of fused-ring (bicyclic) bond motifs is 1. The molecule has 9 nitrogen and oxygen atoms in total. The maximum absolute atomic E-state index is 9.06. The SMILES string of the molecule is COCCOc1nc(NCc2ccccc2)c2nc(OC)n(Cc3ccc(C#N)cc3)c2n1. The maximum Gasteiger partial charge on any atom is 0.320 e. The number of ether oxygens (including phenoxy) is 3. The Bertz CT molecular complexity index is 1250. The van der Waals surface area contributed by atoms with E-state index in [2.05, 4.69) is 26.3 Å². The monoisotopic (exact) mass is 444 g/mol. The summed E-state index contributed by atoms with van der Waals surface area (Å²) in [5.74, 6) is 0.549. The first-order valence-corrected chi connectivity index (χ1v) is 10.4. The summed E-state index contributed by atoms with van der Waals surface area (Å²) < 4.78 is 18.2. The summed E-state index contributed by atoms with van der Waals surface area (Å²) in [5.41, 5.74) is 3.84. The number of benzene rings is 2. The van der Waals surface area contributed by atoms with Crippen LogP contribution in [0.5, 0.6) is 12.0 Å². The van der Waals surface area contributed by atoms with Gasteiger partial charge in [0.05, 0.1) is 31.9 Å². The Kier molecular flexibility index (Phi) is 6.97. The first-order chi connectivity index (χ1) is 16.2. The lowest BCUT2D eigenvalue weighted by Crippen LogP contribution is -2.10. The standard InChI is InChI=1S/C24H24N6O3/c1-31-12-13-33-23-28-21(26-15-18-6-4-3-5-7-18)20-22(29-23)30(24(27-20)32-2)16-19-10-8-17(14-25)9-11-19/h3-11H,12-13,15-16H2,1-2H3,(H,26,28,29). The molecule has 0 saturated carbocycles. The molecule has 0 bridgehead atoms. The van der Waals surface area contributed by atoms with Crippen LogP contribution in [0.25, 0.3) is 11.2 Å². The van der Waals surface area contributed by atoms with Crippen molar-refractivity contribution in [3.05, 3.63) is 71.3 Å². The van der Waals surface area contributed by atoms with Gasteiger partial charge in [-0.25, -0.2) is 0 Å². The van der Waals surface area contributed by atoms with Crippen molar-refractivity contribution in [3.8, 4) is 18.1 Å². The van der Waals surface area contributed by atoms with Crippen LogP contribution in [0, 0.1) is 11.3 Å². The van der Waals surface area contributed by atoms with Gasteiger partial charge in [-0.3, -0.25) is 4.57 Å². The second-order valence-corrected chi connectivity index (χ2v) is 7.20. The first kappa shape index (κ1) is 22.0. The maximum atomic E-state index is 9.06. The molecular weight excluding hydrogens is 420 g/mol. The van der Waals surface area contributed by atoms with E-state index < -0.39 is 0 Å². The average Bonchev–Trinajstić information content (AvgIpc) is 3.21. The van der Waals surface area contributed by atoms with E-state index in [0.717, 1.165) is 11.1 Å². The van der Waals surface area contributed by atoms with Gasteiger partial charge in [0.15, 0.2) is 17.0 Å². The molecule has 0 saturated heterocycles. The molecule has 2 aromatic heterocycles. The number of anilines is 1. The lowest BCUT2D eigenvalue weighted by atomic mass is 10.1. The Balaban J connectivity index is 1.72. The van der Waals surface area contributed by atoms with Crippen molar-refractivity contribution >= 4 is 17.0 Å². The highest BCUT2D eigenvalue weighted by Crippen LogP contribution is 2.28. The van der Waals surface area contributed by atoms with Crippen molar-refractivity contribution in [1.82, 2.24) is 19.5 Å². The third-order valence-electron chi connectivity index (χ3n) is 4.97. The quantitative estimate of drug-likeness (QED) is 0.371. The van der Waals surface area contributed by atoms with Crippen molar-refractivity contribution in [2.45, 2.75) is 13.1 Å². The van der Waals surface area contributed by atoms with Gasteiger partial charge in [-0.05, 0) is 23.3 Å². The van der Waals surface area contributed by atoms with E-state index in [1.807, 2.05) is 47.0 Å². The molecule has 2 aromatic carbocycles. The number of aromatic nitrogens is 4. The highest BCUT2D eigenvalue weighted by atomic mass is 16.5. The van der Waals surface area contributed by atoms with E-state index in [1.54, 1.807) is 26.4 Å². The first-order valence-electron chi connectivity index (χ1n) is 10.4. The Labute approximate surface area is 191 Å². The van der Waals surface area contributed by atoms with Gasteiger partial charge in [-0.15, -0.1) is 0 Å². The Morgan fingerprint density at radius 1 is 0.939 bits per heavy atom. The van der Waals surface area contributed by atoms with Crippen LogP contribution in [0.15, 0.2) is 54.6 Å². The number of rotatable bonds is 10. The lowest BCUT2D eigenvalue weighted by Gasteiger charge is -2.11. The third kappa shape index (κ3) is 5.19. The Morgan fingerprint density at radius 3 is 2.42 bits per heavy atom. The van der Waals surface area contributed by atoms with E-state index in [9.17, 15) is 0 Å². The average molecular weight is 444 g/mol. The molecule has 0 radical (unpaired) electrons. The number of hydrogen-bond acceptors (Lipinski definition) is 8. The van der Waals surface area contributed by atoms with Gasteiger partial charge in [0, 0.05) is 13.7 Å². The molecule has 0 aliphatic carbocycles. The summed E-state index contributed by atoms with van der Waals surface area (Å²) in [6.07, 6.45) is 0. The third-order valence-corrected chi connectivity index (χ3v) is 4.97. The molecule has 0 atom stereocenters. The molecular formula is C24H24N6O3. The summed E-state index contributed by atoms with van der Waals surface area (Å²) in [7, 11) is 3.18. The van der Waals surface area contributed by atoms with Crippen LogP contribution in [0.3, 0.4) is 0 Å². The molecule has 0 spiro atoms. The summed E-state index contributed by atoms with van der Waals surface area (Å²) in [6, 6.07) is 20.1. The van der Waals surface area contributed by atoms with Crippen LogP contribution >= 0.6 is 0 Å². The molecule has 4 rings (SSSR count). The highest BCUT2D eigenvalue weighted by Gasteiger charge is 2.19. The number of nitrogens with one attached hydrogen (secondary N) is 1. The Hall–Kier alpha value is -4.16. The summed E-state index contributed by atoms with van der Waals surface area (Å²) in [6.45, 7) is 1.76. The number of hydrogen-bond donors (Lipinski definition) is 1. The van der Waals surface area contributed by atoms with Gasteiger partial charge in [0.2, 0.25) is 0 Å². The molecule has 1 N–H and O–H groups in total. The topological polar surface area (TPSA) is 107 Å². The van der Waals surface area contributed by atoms with Gasteiger partial charge in [0.1, 0.15) is 6.61 Å². The number of methoxy groups -OCH3 is 2. The van der Waals surface area contributed by atoms with Crippen molar-refractivity contribution in [1.29, 1.82) is 5.26 Å². The molecule has 0 unspecified atom stereocenters. The highest BCUT2D eigenvalue weighted by molar-refractivity contribution is 5.84. The molecule has 0 aliphatic heterocycles. The van der Waals surface area contributed by atoms with E-state index in [-0.39, 0.29) is 6.01 Å². The van der Waals surface area contributed by atoms with Gasteiger partial charge < -0.3 is 19.5 Å². The minimum atomic E-state index is 0.221. The van der Waals surface area contributed by atoms with Crippen LogP contribution in [-0.2, 0) is 17.8 Å². The number of nitriles is 1. The summed E-state index contributed by atoms with van der Waals surface area (Å²) >= 11 is 0. The molecule has 0 amide bonds. The van der Waals surface area contributed by atoms with Gasteiger partial charge >= 0.3 is 6.01 Å². The van der Waals surface area contributed by atoms with Crippen LogP contribution in [-0.4, -0.2) is 47.0 Å². The van der Waals surface area contributed by atoms with Crippen molar-refractivity contribution in [2.24, 2.45) is 0 Å². The predicted octanol–water partition coefficient (Wildman–Crippen LogP) is 3.39. The zero-order chi connectivity index (χ0) is 23.0. The molecule has 0 aliphatic rings. The molecule has 9 heteroatoms. The van der Waals surface area contributed by atoms with Crippen LogP contribution in [0.1, 0.15) is 16.7 Å². The van der Waals surface area contributed by atoms with Crippen molar-refractivity contribution in [2.75, 3.05) is 32.8 Å². The molecule has 4 aromatic rings. The number of nitrogens with zero attached hydrogens (tertiary/aromatic N) is 5. The summed E-state index contributed by atoms with van der Waals surface area (Å²) in [4.78, 5) is 13.8. The largest absolute Gasteiger partial charge is 0.468 e. The molecule has 33 heavy (non-hydrogen) atoms. The van der Waals surface area contributed by atoms with Gasteiger partial charge in [-0.2, -0.15) is 20.2 Å². The fourth-order valence-electron chi connectivity index (χ4n) is 3.31. The zero-order valence-electron chi connectivity index (χ0n) is 18.5. The van der Waals surface area contributed by atoms with Crippen LogP contribution in [0.4, 0.5) is 5.82 Å². The predicted molar refractivity (Wildman–Crippen MR) is 123 cm³/mol. The minimum Gasteiger partial charge on any atom is -0.468 e. The number of imidazole rings is 1. The zero-order valence-corrected chi connectivity index (χ0v) is 18.5. The van der Waals surface area contributed by atoms with Crippen LogP contribution in [0.2, 0.25) is 0 Å². The van der Waals surface area contributed by atoms with Gasteiger partial charge in [-0.1, -0.05) is 42.5 Å². The van der Waals surface area contributed by atoms with Gasteiger partial charge in [0.25, 0.3) is 6.01 Å². The second-order valence-electron chi connectivity index (χ2n) is 7.20. The second kappa shape index (κ2) is 10.4. The van der Waals surface area contributed by atoms with Crippen molar-refractivity contribution < 1.29 is 14.2 Å². The van der Waals surface area contributed by atoms with Crippen molar-refractivity contribution in [3.63, 3.8) is 0 Å². The van der Waals surface area contributed by atoms with Crippen LogP contribution < -0.4 is 14.8 Å². The molecule has 168 valence electrons. The lowest BCUT2D eigenvalue weighted by molar-refractivity contribution is 0.141. The summed E-state index contributed by atoms with van der Waals surface area (Å²) in [5, 5.41) is 12.4. The fourth-order valence-corrected chi connectivity index (χ4v) is 3.31. The van der Waals surface area contributed by atoms with E-state index in [1.165, 1.54) is 0 Å². The molecule has 0 fully saturated rings. The molecule has 2 heterocycles. The van der Waals surface area contributed by atoms with E-state index in [4.69, 9.17) is 19.5 Å². The normalized spacial score (nSPS) is 10.7. The fraction of sp³-hybridized carbons (Fsp3) is 0.250. The van der Waals surface area contributed by atoms with E-state index >= 15 is 0 Å². The van der Waals surface area contributed by atoms with E-state index in [0.29, 0.717) is 54.9 Å².